The molecule has 68 heavy (non-hydrogen) atoms. The molecule has 0 unspecified atom stereocenters. The van der Waals surface area contributed by atoms with Gasteiger partial charge < -0.3 is 73.0 Å². The summed E-state index contributed by atoms with van der Waals surface area (Å²) in [6, 6.07) is 22.0. The zero-order chi connectivity index (χ0) is 47.7. The van der Waals surface area contributed by atoms with Crippen LogP contribution >= 0.6 is 0 Å². The summed E-state index contributed by atoms with van der Waals surface area (Å²) in [4.78, 5) is 0. The van der Waals surface area contributed by atoms with Crippen molar-refractivity contribution in [2.45, 2.75) is 77.0 Å². The highest BCUT2D eigenvalue weighted by atomic mass is 16.5. The van der Waals surface area contributed by atoms with Gasteiger partial charge in [0, 0.05) is 117 Å². The van der Waals surface area contributed by atoms with Crippen molar-refractivity contribution in [2.24, 2.45) is 11.5 Å². The van der Waals surface area contributed by atoms with Crippen LogP contribution in [0.4, 0.5) is 22.7 Å². The standard InChI is InChI=1S/C54H56N6O8/c1-5-25-29-13-31-26(6-2)32-15-34-28(8-4)36-16-35-27(7-3)33-14-30(25)44(62)22-47(33)65-51-17-39(57)40(58)18-52(51)67-49(35)24-50(36)68-54-20-42(60)41(59)19-53(54)66-48(34)23-46(32)64-12-10-38(56)37(55)9-11-63-45(31)21-43(29)61/h9-10,13-28,61-62H,5-8,11-12,55-60H2,1-4H3/b37-9+,38-10+/t25-,26+,27-,28+/m0/s1. The average molecular weight is 917 g/mol. The first-order valence-corrected chi connectivity index (χ1v) is 23.1. The first-order valence-electron chi connectivity index (χ1n) is 23.1. The van der Waals surface area contributed by atoms with E-state index in [2.05, 4.69) is 32.9 Å². The van der Waals surface area contributed by atoms with Crippen LogP contribution in [0.3, 0.4) is 0 Å². The summed E-state index contributed by atoms with van der Waals surface area (Å²) < 4.78 is 40.8. The number of phenolic OH excluding ortho intramolecular Hbond substituents is 2. The Kier molecular flexibility index (Phi) is 11.0. The highest BCUT2D eigenvalue weighted by Gasteiger charge is 2.36. The van der Waals surface area contributed by atoms with Gasteiger partial charge in [0.25, 0.3) is 0 Å². The molecule has 3 heterocycles. The minimum atomic E-state index is -0.492. The molecule has 0 spiro atoms. The molecule has 0 aromatic heterocycles. The van der Waals surface area contributed by atoms with E-state index in [1.807, 2.05) is 31.2 Å². The second kappa shape index (κ2) is 17.0. The third kappa shape index (κ3) is 7.36. The molecule has 14 N–H and O–H groups in total. The third-order valence-corrected chi connectivity index (χ3v) is 13.8. The van der Waals surface area contributed by atoms with Gasteiger partial charge in [-0.15, -0.1) is 0 Å². The number of phenols is 2. The Bertz CT molecular complexity index is 3110. The maximum Gasteiger partial charge on any atom is 0.172 e. The van der Waals surface area contributed by atoms with Crippen LogP contribution in [-0.2, 0) is 0 Å². The second-order valence-electron chi connectivity index (χ2n) is 17.8. The Morgan fingerprint density at radius 1 is 0.353 bits per heavy atom. The molecule has 14 nitrogen and oxygen atoms in total. The normalized spacial score (nSPS) is 20.4. The van der Waals surface area contributed by atoms with Crippen LogP contribution in [0.1, 0.15) is 122 Å². The Balaban J connectivity index is 1.38. The van der Waals surface area contributed by atoms with E-state index in [4.69, 9.17) is 62.8 Å². The van der Waals surface area contributed by atoms with Gasteiger partial charge in [0.15, 0.2) is 23.0 Å². The van der Waals surface area contributed by atoms with Gasteiger partial charge in [0.1, 0.15) is 59.2 Å². The molecular formula is C54H56N6O8. The molecule has 0 saturated heterocycles. The Hall–Kier alpha value is -8.00. The summed E-state index contributed by atoms with van der Waals surface area (Å²) >= 11 is 0. The summed E-state index contributed by atoms with van der Waals surface area (Å²) in [6.45, 7) is 8.52. The molecule has 6 aromatic carbocycles. The molecule has 1 aliphatic carbocycles. The van der Waals surface area contributed by atoms with Crippen molar-refractivity contribution >= 4 is 22.7 Å². The van der Waals surface area contributed by atoms with E-state index < -0.39 is 5.92 Å². The molecule has 0 amide bonds. The van der Waals surface area contributed by atoms with E-state index >= 15 is 0 Å². The lowest BCUT2D eigenvalue weighted by atomic mass is 9.77. The van der Waals surface area contributed by atoms with Crippen molar-refractivity contribution < 1.29 is 38.6 Å². The molecule has 0 saturated carbocycles. The van der Waals surface area contributed by atoms with Crippen molar-refractivity contribution in [1.82, 2.24) is 0 Å². The monoisotopic (exact) mass is 916 g/mol. The largest absolute Gasteiger partial charge is 0.508 e. The quantitative estimate of drug-likeness (QED) is 0.0766. The number of nitrogens with two attached hydrogens (primary N) is 6. The fourth-order valence-electron chi connectivity index (χ4n) is 10.3. The molecule has 0 radical (unpaired) electrons. The Morgan fingerprint density at radius 3 is 0.971 bits per heavy atom. The highest BCUT2D eigenvalue weighted by Crippen LogP contribution is 2.57. The predicted molar refractivity (Wildman–Crippen MR) is 264 cm³/mol. The van der Waals surface area contributed by atoms with E-state index in [0.29, 0.717) is 128 Å². The van der Waals surface area contributed by atoms with E-state index in [0.717, 1.165) is 33.4 Å². The van der Waals surface area contributed by atoms with Gasteiger partial charge in [0.05, 0.1) is 34.1 Å². The number of hydrogen-bond donors (Lipinski definition) is 8. The molecular weight excluding hydrogens is 861 g/mol. The van der Waals surface area contributed by atoms with Crippen molar-refractivity contribution in [1.29, 1.82) is 0 Å². The molecule has 0 fully saturated rings. The van der Waals surface area contributed by atoms with Gasteiger partial charge in [-0.05, 0) is 62.1 Å². The molecule has 8 bridgehead atoms. The lowest BCUT2D eigenvalue weighted by Gasteiger charge is -2.29. The van der Waals surface area contributed by atoms with E-state index in [9.17, 15) is 10.2 Å². The minimum absolute atomic E-state index is 0.000291. The maximum atomic E-state index is 12.2. The maximum absolute atomic E-state index is 12.2. The number of aromatic hydroxyl groups is 2. The summed E-state index contributed by atoms with van der Waals surface area (Å²) in [5, 5.41) is 24.4. The number of nitrogen functional groups attached to an aromatic ring is 4. The van der Waals surface area contributed by atoms with Crippen LogP contribution in [0, 0.1) is 0 Å². The topological polar surface area (TPSA) is 252 Å². The summed E-state index contributed by atoms with van der Waals surface area (Å²) in [6.07, 6.45) is 5.72. The average Bonchev–Trinajstić information content (AvgIpc) is 3.39. The molecule has 4 atom stereocenters. The fourth-order valence-corrected chi connectivity index (χ4v) is 10.3. The van der Waals surface area contributed by atoms with Crippen LogP contribution in [0.25, 0.3) is 0 Å². The van der Waals surface area contributed by atoms with Gasteiger partial charge in [-0.3, -0.25) is 0 Å². The SMILES string of the molecule is CC[C@H]1c2cc3c(cc2O)OC/C=C(N)\C(N)=C/COc2cc4c(cc2[C@@H]3CC)[C@@H](CC)c2cc3c(cc2Oc2cc(N)c(N)cc2O4)Oc2cc(N)c(N)cc2Oc2cc(O)c1cc2[C@@H]3CC. The number of rotatable bonds is 4. The van der Waals surface area contributed by atoms with E-state index in [1.54, 1.807) is 48.6 Å². The molecule has 14 heteroatoms. The number of benzene rings is 6. The molecule has 350 valence electrons. The number of fused-ring (bicyclic) bond motifs is 4. The molecule has 3 aliphatic heterocycles. The van der Waals surface area contributed by atoms with Crippen molar-refractivity contribution in [3.63, 3.8) is 0 Å². The van der Waals surface area contributed by atoms with Crippen LogP contribution in [-0.4, -0.2) is 23.4 Å². The van der Waals surface area contributed by atoms with Crippen LogP contribution in [0.5, 0.6) is 69.0 Å². The highest BCUT2D eigenvalue weighted by molar-refractivity contribution is 5.74. The van der Waals surface area contributed by atoms with Crippen LogP contribution < -0.4 is 62.8 Å². The summed E-state index contributed by atoms with van der Waals surface area (Å²) in [7, 11) is 0. The Labute approximate surface area is 394 Å². The first kappa shape index (κ1) is 43.9. The zero-order valence-corrected chi connectivity index (χ0v) is 38.4. The van der Waals surface area contributed by atoms with E-state index in [1.165, 1.54) is 0 Å². The zero-order valence-electron chi connectivity index (χ0n) is 38.4. The van der Waals surface area contributed by atoms with Crippen LogP contribution in [0.2, 0.25) is 0 Å². The number of ether oxygens (including phenoxy) is 6. The summed E-state index contributed by atoms with van der Waals surface area (Å²) in [5.41, 5.74) is 46.7. The number of anilines is 4. The van der Waals surface area contributed by atoms with Crippen LogP contribution in [0.15, 0.2) is 96.3 Å². The van der Waals surface area contributed by atoms with Gasteiger partial charge in [-0.25, -0.2) is 0 Å². The second-order valence-corrected chi connectivity index (χ2v) is 17.8. The molecule has 10 rings (SSSR count). The van der Waals surface area contributed by atoms with Crippen molar-refractivity contribution in [3.8, 4) is 69.0 Å². The number of hydrogen-bond acceptors (Lipinski definition) is 14. The lowest BCUT2D eigenvalue weighted by Crippen LogP contribution is -2.13. The Morgan fingerprint density at radius 2 is 0.618 bits per heavy atom. The molecule has 6 aromatic rings. The van der Waals surface area contributed by atoms with Crippen molar-refractivity contribution in [3.05, 3.63) is 141 Å². The van der Waals surface area contributed by atoms with Gasteiger partial charge >= 0.3 is 0 Å². The summed E-state index contributed by atoms with van der Waals surface area (Å²) in [5.74, 6) is 2.54. The minimum Gasteiger partial charge on any atom is -0.508 e. The van der Waals surface area contributed by atoms with Crippen molar-refractivity contribution in [2.75, 3.05) is 36.1 Å². The fraction of sp³-hybridized carbons (Fsp3) is 0.259. The lowest BCUT2D eigenvalue weighted by molar-refractivity contribution is 0.347. The van der Waals surface area contributed by atoms with Gasteiger partial charge in [0.2, 0.25) is 0 Å². The third-order valence-electron chi connectivity index (χ3n) is 13.8. The van der Waals surface area contributed by atoms with Gasteiger partial charge in [-0.2, -0.15) is 0 Å². The van der Waals surface area contributed by atoms with E-state index in [-0.39, 0.29) is 42.5 Å². The van der Waals surface area contributed by atoms with Gasteiger partial charge in [-0.1, -0.05) is 27.7 Å². The molecule has 4 aliphatic rings. The smallest absolute Gasteiger partial charge is 0.172 e. The first-order chi connectivity index (χ1) is 32.8. The predicted octanol–water partition coefficient (Wildman–Crippen LogP) is 11.2.